The molecule has 0 aliphatic carbocycles. The van der Waals surface area contributed by atoms with E-state index >= 15 is 0 Å². The van der Waals surface area contributed by atoms with E-state index in [4.69, 9.17) is 0 Å². The predicted octanol–water partition coefficient (Wildman–Crippen LogP) is 2.74. The molecule has 2 heterocycles. The van der Waals surface area contributed by atoms with Crippen molar-refractivity contribution in [3.8, 4) is 0 Å². The van der Waals surface area contributed by atoms with Crippen LogP contribution in [0.2, 0.25) is 0 Å². The molecule has 0 fully saturated rings. The second-order valence-corrected chi connectivity index (χ2v) is 9.27. The number of para-hydroxylation sites is 1. The fraction of sp³-hybridized carbons (Fsp3) is 0.286. The van der Waals surface area contributed by atoms with Gasteiger partial charge in [-0.2, -0.15) is 0 Å². The first-order valence-electron chi connectivity index (χ1n) is 9.37. The van der Waals surface area contributed by atoms with Gasteiger partial charge in [0, 0.05) is 29.2 Å². The van der Waals surface area contributed by atoms with Crippen molar-refractivity contribution in [1.82, 2.24) is 9.88 Å². The van der Waals surface area contributed by atoms with Crippen molar-refractivity contribution >= 4 is 26.7 Å². The number of fused-ring (bicyclic) bond motifs is 3. The lowest BCUT2D eigenvalue weighted by Crippen LogP contribution is -2.40. The van der Waals surface area contributed by atoms with E-state index in [2.05, 4.69) is 9.88 Å². The van der Waals surface area contributed by atoms with Gasteiger partial charge in [-0.1, -0.05) is 18.2 Å². The number of nitrogens with one attached hydrogen (secondary N) is 1. The molecule has 2 aromatic carbocycles. The number of hydrogen-bond donors (Lipinski definition) is 2. The van der Waals surface area contributed by atoms with Gasteiger partial charge in [-0.25, -0.2) is 12.8 Å². The van der Waals surface area contributed by atoms with Gasteiger partial charge in [-0.05, 0) is 48.7 Å². The first-order valence-corrected chi connectivity index (χ1v) is 11.0. The predicted molar refractivity (Wildman–Crippen MR) is 107 cm³/mol. The highest BCUT2D eigenvalue weighted by atomic mass is 32.2. The van der Waals surface area contributed by atoms with Crippen molar-refractivity contribution < 1.29 is 22.7 Å². The molecule has 152 valence electrons. The van der Waals surface area contributed by atoms with Gasteiger partial charge >= 0.3 is 5.97 Å². The molecule has 0 amide bonds. The third-order valence-electron chi connectivity index (χ3n) is 5.39. The highest BCUT2D eigenvalue weighted by Crippen LogP contribution is 2.31. The van der Waals surface area contributed by atoms with E-state index in [1.165, 1.54) is 12.1 Å². The summed E-state index contributed by atoms with van der Waals surface area (Å²) in [6.07, 6.45) is 1.35. The van der Waals surface area contributed by atoms with Crippen molar-refractivity contribution in [1.29, 1.82) is 0 Å². The number of carbonyl (C=O) groups is 1. The molecule has 4 rings (SSSR count). The zero-order valence-electron chi connectivity index (χ0n) is 15.6. The molecule has 3 aromatic rings. The van der Waals surface area contributed by atoms with Crippen LogP contribution in [0, 0.1) is 5.82 Å². The average molecular weight is 416 g/mol. The third-order valence-corrected chi connectivity index (χ3v) is 6.93. The first kappa shape index (κ1) is 19.6. The molecule has 0 spiro atoms. The minimum atomic E-state index is -3.57. The number of aromatic nitrogens is 1. The number of rotatable bonds is 6. The van der Waals surface area contributed by atoms with Crippen LogP contribution in [-0.4, -0.2) is 36.0 Å². The molecule has 1 atom stereocenters. The van der Waals surface area contributed by atoms with Crippen LogP contribution >= 0.6 is 0 Å². The van der Waals surface area contributed by atoms with E-state index in [1.54, 1.807) is 0 Å². The Bertz CT molecular complexity index is 1170. The van der Waals surface area contributed by atoms with Gasteiger partial charge in [0.15, 0.2) is 9.84 Å². The Morgan fingerprint density at radius 2 is 1.90 bits per heavy atom. The van der Waals surface area contributed by atoms with Crippen LogP contribution in [0.5, 0.6) is 0 Å². The van der Waals surface area contributed by atoms with E-state index in [0.29, 0.717) is 19.4 Å². The van der Waals surface area contributed by atoms with Crippen LogP contribution in [0.3, 0.4) is 0 Å². The normalized spacial score (nSPS) is 16.7. The van der Waals surface area contributed by atoms with E-state index in [-0.39, 0.29) is 23.2 Å². The number of aliphatic carboxylic acids is 1. The fourth-order valence-electron chi connectivity index (χ4n) is 4.01. The van der Waals surface area contributed by atoms with Crippen LogP contribution < -0.4 is 5.32 Å². The largest absolute Gasteiger partial charge is 0.481 e. The maximum atomic E-state index is 13.1. The van der Waals surface area contributed by atoms with Gasteiger partial charge in [-0.3, -0.25) is 10.1 Å². The molecule has 1 aliphatic rings. The molecule has 0 unspecified atom stereocenters. The first-order chi connectivity index (χ1) is 13.8. The Balaban J connectivity index is 1.55. The summed E-state index contributed by atoms with van der Waals surface area (Å²) in [4.78, 5) is 11.4. The lowest BCUT2D eigenvalue weighted by atomic mass is 10.0. The van der Waals surface area contributed by atoms with Gasteiger partial charge in [-0.15, -0.1) is 0 Å². The number of halogens is 1. The monoisotopic (exact) mass is 416 g/mol. The van der Waals surface area contributed by atoms with Gasteiger partial charge in [0.05, 0.1) is 11.3 Å². The minimum absolute atomic E-state index is 0.0279. The van der Waals surface area contributed by atoms with Crippen LogP contribution in [0.4, 0.5) is 4.39 Å². The van der Waals surface area contributed by atoms with E-state index < -0.39 is 21.6 Å². The maximum absolute atomic E-state index is 13.1. The highest BCUT2D eigenvalue weighted by molar-refractivity contribution is 7.91. The van der Waals surface area contributed by atoms with Gasteiger partial charge in [0.1, 0.15) is 11.7 Å². The number of carboxylic acids is 1. The van der Waals surface area contributed by atoms with Crippen molar-refractivity contribution in [2.24, 2.45) is 0 Å². The summed E-state index contributed by atoms with van der Waals surface area (Å²) in [6, 6.07) is 12.4. The lowest BCUT2D eigenvalue weighted by molar-refractivity contribution is -0.136. The van der Waals surface area contributed by atoms with E-state index in [9.17, 15) is 22.7 Å². The Morgan fingerprint density at radius 1 is 1.17 bits per heavy atom. The average Bonchev–Trinajstić information content (AvgIpc) is 3.00. The summed E-state index contributed by atoms with van der Waals surface area (Å²) in [5, 5.41) is 13.3. The van der Waals surface area contributed by atoms with Crippen molar-refractivity contribution in [2.45, 2.75) is 36.7 Å². The molecule has 8 heteroatoms. The standard InChI is InChI=1S/C21H21FN2O4S/c22-14-5-8-16(9-6-14)29(27,28)13-23-15-7-10-20-18(11-21(25)26)17-3-1-2-4-19(17)24(20)12-15/h1-6,8-9,15,23H,7,10-13H2,(H,25,26)/t15-/m1/s1. The molecule has 0 bridgehead atoms. The van der Waals surface area contributed by atoms with Crippen LogP contribution in [-0.2, 0) is 34.0 Å². The van der Waals surface area contributed by atoms with E-state index in [1.807, 2.05) is 24.3 Å². The van der Waals surface area contributed by atoms with Crippen LogP contribution in [0.25, 0.3) is 10.9 Å². The summed E-state index contributed by atoms with van der Waals surface area (Å²) >= 11 is 0. The summed E-state index contributed by atoms with van der Waals surface area (Å²) in [5.41, 5.74) is 2.81. The summed E-state index contributed by atoms with van der Waals surface area (Å²) in [6.45, 7) is 0.564. The number of benzene rings is 2. The van der Waals surface area contributed by atoms with Gasteiger partial charge in [0.25, 0.3) is 0 Å². The molecule has 0 radical (unpaired) electrons. The zero-order valence-corrected chi connectivity index (χ0v) is 16.5. The van der Waals surface area contributed by atoms with Crippen LogP contribution in [0.15, 0.2) is 53.4 Å². The smallest absolute Gasteiger partial charge is 0.307 e. The topological polar surface area (TPSA) is 88.4 Å². The Labute approximate surface area is 167 Å². The summed E-state index contributed by atoms with van der Waals surface area (Å²) in [5.74, 6) is -1.58. The van der Waals surface area contributed by atoms with Gasteiger partial charge < -0.3 is 9.67 Å². The SMILES string of the molecule is O=C(O)Cc1c2n(c3ccccc13)C[C@H](NCS(=O)(=O)c1ccc(F)cc1)CC2. The fourth-order valence-corrected chi connectivity index (χ4v) is 5.19. The molecular formula is C21H21FN2O4S. The van der Waals surface area contributed by atoms with Crippen LogP contribution in [0.1, 0.15) is 17.7 Å². The second-order valence-electron chi connectivity index (χ2n) is 7.28. The molecule has 29 heavy (non-hydrogen) atoms. The van der Waals surface area contributed by atoms with Crippen molar-refractivity contribution in [3.05, 3.63) is 65.6 Å². The van der Waals surface area contributed by atoms with E-state index in [0.717, 1.165) is 34.3 Å². The Morgan fingerprint density at radius 3 is 2.62 bits per heavy atom. The quantitative estimate of drug-likeness (QED) is 0.604. The molecule has 1 aliphatic heterocycles. The zero-order chi connectivity index (χ0) is 20.6. The Hall–Kier alpha value is -2.71. The van der Waals surface area contributed by atoms with Crippen molar-refractivity contribution in [2.75, 3.05) is 5.88 Å². The number of nitrogens with zero attached hydrogens (tertiary/aromatic N) is 1. The molecule has 0 saturated heterocycles. The molecule has 0 saturated carbocycles. The number of carboxylic acid groups (broad SMARTS) is 1. The maximum Gasteiger partial charge on any atom is 0.307 e. The second kappa shape index (κ2) is 7.61. The molecule has 1 aromatic heterocycles. The number of sulfone groups is 1. The molecule has 2 N–H and O–H groups in total. The minimum Gasteiger partial charge on any atom is -0.481 e. The summed E-state index contributed by atoms with van der Waals surface area (Å²) < 4.78 is 40.2. The molecular weight excluding hydrogens is 395 g/mol. The molecule has 6 nitrogen and oxygen atoms in total. The highest BCUT2D eigenvalue weighted by Gasteiger charge is 2.26. The Kier molecular flexibility index (Phi) is 5.14. The van der Waals surface area contributed by atoms with Crippen molar-refractivity contribution in [3.63, 3.8) is 0 Å². The number of hydrogen-bond acceptors (Lipinski definition) is 4. The van der Waals surface area contributed by atoms with Gasteiger partial charge in [0.2, 0.25) is 0 Å². The third kappa shape index (κ3) is 3.90. The summed E-state index contributed by atoms with van der Waals surface area (Å²) in [7, 11) is -3.57. The lowest BCUT2D eigenvalue weighted by Gasteiger charge is -2.27.